The molecule has 1 heterocycles. The molecule has 0 bridgehead atoms. The number of halogens is 3. The number of benzene rings is 2. The SMILES string of the molecule is Cc1oc(-c2ccccc2)nc1C(=O)N[C@@H](C)c1ccc(C(F)(F)F)cc1. The maximum Gasteiger partial charge on any atom is 0.416 e. The fourth-order valence-electron chi connectivity index (χ4n) is 2.62. The van der Waals surface area contributed by atoms with Crippen molar-refractivity contribution >= 4 is 5.91 Å². The molecule has 7 heteroatoms. The summed E-state index contributed by atoms with van der Waals surface area (Å²) in [5, 5.41) is 2.73. The second-order valence-corrected chi connectivity index (χ2v) is 6.10. The van der Waals surface area contributed by atoms with Crippen LogP contribution >= 0.6 is 0 Å². The summed E-state index contributed by atoms with van der Waals surface area (Å²) in [4.78, 5) is 16.8. The fourth-order valence-corrected chi connectivity index (χ4v) is 2.62. The molecule has 140 valence electrons. The van der Waals surface area contributed by atoms with Crippen molar-refractivity contribution in [3.63, 3.8) is 0 Å². The van der Waals surface area contributed by atoms with Crippen LogP contribution in [0.1, 0.15) is 40.3 Å². The Morgan fingerprint density at radius 1 is 1.07 bits per heavy atom. The van der Waals surface area contributed by atoms with Gasteiger partial charge < -0.3 is 9.73 Å². The Kier molecular flexibility index (Phi) is 5.03. The van der Waals surface area contributed by atoms with E-state index >= 15 is 0 Å². The van der Waals surface area contributed by atoms with Crippen molar-refractivity contribution in [1.29, 1.82) is 0 Å². The molecule has 0 spiro atoms. The molecular formula is C20H17F3N2O2. The van der Waals surface area contributed by atoms with Gasteiger partial charge in [0.1, 0.15) is 5.76 Å². The number of hydrogen-bond donors (Lipinski definition) is 1. The van der Waals surface area contributed by atoms with E-state index in [1.807, 2.05) is 30.3 Å². The number of nitrogens with one attached hydrogen (secondary N) is 1. The predicted molar refractivity (Wildman–Crippen MR) is 94.0 cm³/mol. The van der Waals surface area contributed by atoms with Crippen molar-refractivity contribution in [2.75, 3.05) is 0 Å². The quantitative estimate of drug-likeness (QED) is 0.686. The largest absolute Gasteiger partial charge is 0.441 e. The molecular weight excluding hydrogens is 357 g/mol. The minimum atomic E-state index is -4.39. The van der Waals surface area contributed by atoms with E-state index in [2.05, 4.69) is 10.3 Å². The summed E-state index contributed by atoms with van der Waals surface area (Å²) in [5.74, 6) is 0.247. The number of aryl methyl sites for hydroxylation is 1. The lowest BCUT2D eigenvalue weighted by atomic mass is 10.1. The molecule has 3 rings (SSSR count). The van der Waals surface area contributed by atoms with Crippen molar-refractivity contribution in [2.24, 2.45) is 0 Å². The van der Waals surface area contributed by atoms with Gasteiger partial charge in [-0.05, 0) is 43.7 Å². The molecule has 0 fully saturated rings. The van der Waals surface area contributed by atoms with E-state index in [4.69, 9.17) is 4.42 Å². The van der Waals surface area contributed by atoms with Gasteiger partial charge in [0, 0.05) is 5.56 Å². The van der Waals surface area contributed by atoms with Crippen LogP contribution in [0.2, 0.25) is 0 Å². The zero-order valence-electron chi connectivity index (χ0n) is 14.7. The summed E-state index contributed by atoms with van der Waals surface area (Å²) >= 11 is 0. The van der Waals surface area contributed by atoms with E-state index in [1.165, 1.54) is 12.1 Å². The van der Waals surface area contributed by atoms with Crippen LogP contribution in [0.4, 0.5) is 13.2 Å². The predicted octanol–water partition coefficient (Wildman–Crippen LogP) is 5.16. The molecule has 1 aromatic heterocycles. The molecule has 1 atom stereocenters. The van der Waals surface area contributed by atoms with Crippen LogP contribution in [0.15, 0.2) is 59.0 Å². The monoisotopic (exact) mass is 374 g/mol. The summed E-state index contributed by atoms with van der Waals surface area (Å²) in [7, 11) is 0. The Morgan fingerprint density at radius 3 is 2.30 bits per heavy atom. The van der Waals surface area contributed by atoms with Crippen LogP contribution in [-0.4, -0.2) is 10.9 Å². The minimum Gasteiger partial charge on any atom is -0.441 e. The third kappa shape index (κ3) is 4.19. The number of alkyl halides is 3. The number of nitrogens with zero attached hydrogens (tertiary/aromatic N) is 1. The van der Waals surface area contributed by atoms with E-state index in [9.17, 15) is 18.0 Å². The Balaban J connectivity index is 1.74. The summed E-state index contributed by atoms with van der Waals surface area (Å²) in [5.41, 5.74) is 0.716. The van der Waals surface area contributed by atoms with Crippen molar-refractivity contribution < 1.29 is 22.4 Å². The van der Waals surface area contributed by atoms with Gasteiger partial charge in [0.25, 0.3) is 5.91 Å². The van der Waals surface area contributed by atoms with Crippen LogP contribution < -0.4 is 5.32 Å². The molecule has 0 aliphatic carbocycles. The van der Waals surface area contributed by atoms with Gasteiger partial charge in [0.15, 0.2) is 5.69 Å². The van der Waals surface area contributed by atoms with Crippen LogP contribution in [0.5, 0.6) is 0 Å². The lowest BCUT2D eigenvalue weighted by Gasteiger charge is -2.15. The molecule has 27 heavy (non-hydrogen) atoms. The number of amides is 1. The molecule has 0 saturated carbocycles. The highest BCUT2D eigenvalue weighted by Crippen LogP contribution is 2.30. The van der Waals surface area contributed by atoms with Crippen molar-refractivity contribution in [1.82, 2.24) is 10.3 Å². The van der Waals surface area contributed by atoms with Crippen LogP contribution in [-0.2, 0) is 6.18 Å². The Hall–Kier alpha value is -3.09. The lowest BCUT2D eigenvalue weighted by Crippen LogP contribution is -2.27. The highest BCUT2D eigenvalue weighted by Gasteiger charge is 2.30. The normalized spacial score (nSPS) is 12.6. The topological polar surface area (TPSA) is 55.1 Å². The molecule has 0 radical (unpaired) electrons. The first-order valence-corrected chi connectivity index (χ1v) is 8.26. The van der Waals surface area contributed by atoms with Gasteiger partial charge >= 0.3 is 6.18 Å². The lowest BCUT2D eigenvalue weighted by molar-refractivity contribution is -0.137. The van der Waals surface area contributed by atoms with Gasteiger partial charge in [-0.3, -0.25) is 4.79 Å². The number of rotatable bonds is 4. The molecule has 4 nitrogen and oxygen atoms in total. The average molecular weight is 374 g/mol. The number of carbonyl (C=O) groups excluding carboxylic acids is 1. The van der Waals surface area contributed by atoms with Crippen molar-refractivity contribution in [2.45, 2.75) is 26.1 Å². The molecule has 0 aliphatic heterocycles. The third-order valence-electron chi connectivity index (χ3n) is 4.12. The van der Waals surface area contributed by atoms with Gasteiger partial charge in [0.05, 0.1) is 11.6 Å². The summed E-state index contributed by atoms with van der Waals surface area (Å²) in [6, 6.07) is 13.4. The highest BCUT2D eigenvalue weighted by atomic mass is 19.4. The first-order valence-electron chi connectivity index (χ1n) is 8.26. The van der Waals surface area contributed by atoms with E-state index in [1.54, 1.807) is 13.8 Å². The first kappa shape index (κ1) is 18.7. The zero-order chi connectivity index (χ0) is 19.6. The molecule has 1 amide bonds. The van der Waals surface area contributed by atoms with Gasteiger partial charge in [-0.1, -0.05) is 30.3 Å². The molecule has 0 aliphatic rings. The van der Waals surface area contributed by atoms with Gasteiger partial charge in [-0.15, -0.1) is 0 Å². The number of oxazole rings is 1. The molecule has 3 aromatic rings. The van der Waals surface area contributed by atoms with Crippen LogP contribution in [0.3, 0.4) is 0 Å². The van der Waals surface area contributed by atoms with E-state index in [0.717, 1.165) is 17.7 Å². The van der Waals surface area contributed by atoms with E-state index < -0.39 is 23.7 Å². The molecule has 0 saturated heterocycles. The highest BCUT2D eigenvalue weighted by molar-refractivity contribution is 5.93. The van der Waals surface area contributed by atoms with E-state index in [-0.39, 0.29) is 5.69 Å². The fraction of sp³-hybridized carbons (Fsp3) is 0.200. The Labute approximate surface area is 154 Å². The van der Waals surface area contributed by atoms with Crippen molar-refractivity contribution in [3.05, 3.63) is 77.2 Å². The Bertz CT molecular complexity index is 932. The summed E-state index contributed by atoms with van der Waals surface area (Å²) in [6.07, 6.45) is -4.39. The third-order valence-corrected chi connectivity index (χ3v) is 4.12. The van der Waals surface area contributed by atoms with Gasteiger partial charge in [-0.2, -0.15) is 13.2 Å². The second-order valence-electron chi connectivity index (χ2n) is 6.10. The second kappa shape index (κ2) is 7.26. The zero-order valence-corrected chi connectivity index (χ0v) is 14.7. The Morgan fingerprint density at radius 2 is 1.70 bits per heavy atom. The number of aromatic nitrogens is 1. The maximum atomic E-state index is 12.7. The van der Waals surface area contributed by atoms with Crippen LogP contribution in [0.25, 0.3) is 11.5 Å². The van der Waals surface area contributed by atoms with Crippen LogP contribution in [0, 0.1) is 6.92 Å². The molecule has 1 N–H and O–H groups in total. The van der Waals surface area contributed by atoms with E-state index in [0.29, 0.717) is 17.2 Å². The maximum absolute atomic E-state index is 12.7. The average Bonchev–Trinajstić information content (AvgIpc) is 3.04. The van der Waals surface area contributed by atoms with Gasteiger partial charge in [0.2, 0.25) is 5.89 Å². The standard InChI is InChI=1S/C20H17F3N2O2/c1-12(14-8-10-16(11-9-14)20(21,22)23)24-18(26)17-13(2)27-19(25-17)15-6-4-3-5-7-15/h3-12H,1-2H3,(H,24,26)/t12-/m0/s1. The molecule has 0 unspecified atom stereocenters. The first-order chi connectivity index (χ1) is 12.8. The number of hydrogen-bond acceptors (Lipinski definition) is 3. The van der Waals surface area contributed by atoms with Crippen molar-refractivity contribution in [3.8, 4) is 11.5 Å². The summed E-state index contributed by atoms with van der Waals surface area (Å²) < 4.78 is 43.5. The summed E-state index contributed by atoms with van der Waals surface area (Å²) in [6.45, 7) is 3.32. The molecule has 2 aromatic carbocycles. The smallest absolute Gasteiger partial charge is 0.416 e. The number of carbonyl (C=O) groups is 1. The minimum absolute atomic E-state index is 0.146. The van der Waals surface area contributed by atoms with Gasteiger partial charge in [-0.25, -0.2) is 4.98 Å².